The first-order valence-electron chi connectivity index (χ1n) is 7.26. The normalized spacial score (nSPS) is 12.3. The zero-order chi connectivity index (χ0) is 17.1. The molecule has 2 aromatic carbocycles. The number of ether oxygens (including phenoxy) is 2. The van der Waals surface area contributed by atoms with Crippen molar-refractivity contribution in [1.82, 2.24) is 4.98 Å². The summed E-state index contributed by atoms with van der Waals surface area (Å²) in [6.07, 6.45) is 0.687. The number of phenols is 1. The Balaban J connectivity index is 1.63. The van der Waals surface area contributed by atoms with Gasteiger partial charge in [0.2, 0.25) is 0 Å². The maximum atomic E-state index is 13.3. The number of halogens is 2. The monoisotopic (exact) mass is 411 g/mol. The topological polar surface area (TPSA) is 51.6 Å². The molecule has 0 aliphatic carbocycles. The molecule has 7 heteroatoms. The summed E-state index contributed by atoms with van der Waals surface area (Å²) in [4.78, 5) is 4.53. The average Bonchev–Trinajstić information content (AvgIpc) is 2.99. The number of aromatic hydroxyl groups is 1. The molecule has 0 radical (unpaired) electrons. The number of aromatic nitrogens is 1. The summed E-state index contributed by atoms with van der Waals surface area (Å²) in [5.74, 6) is 0.920. The number of hydrogen-bond acceptors (Lipinski definition) is 5. The second-order valence-corrected chi connectivity index (χ2v) is 7.27. The molecule has 0 saturated carbocycles. The van der Waals surface area contributed by atoms with Gasteiger partial charge in [-0.05, 0) is 30.3 Å². The summed E-state index contributed by atoms with van der Waals surface area (Å²) in [6, 6.07) is 9.30. The molecule has 0 fully saturated rings. The van der Waals surface area contributed by atoms with Crippen molar-refractivity contribution < 1.29 is 19.0 Å². The zero-order valence-electron chi connectivity index (χ0n) is 12.8. The van der Waals surface area contributed by atoms with Crippen LogP contribution in [-0.4, -0.2) is 23.8 Å². The number of benzene rings is 2. The van der Waals surface area contributed by atoms with Crippen molar-refractivity contribution in [2.45, 2.75) is 11.2 Å². The smallest absolute Gasteiger partial charge is 0.164 e. The van der Waals surface area contributed by atoms with Crippen LogP contribution in [0.25, 0.3) is 10.2 Å². The van der Waals surface area contributed by atoms with Crippen LogP contribution in [0.15, 0.2) is 36.4 Å². The SMILES string of the molecule is COc1cc(O)ccc1OCCC(Br)c1nc2ccc(F)cc2s1. The van der Waals surface area contributed by atoms with Gasteiger partial charge in [0.25, 0.3) is 0 Å². The fourth-order valence-electron chi connectivity index (χ4n) is 2.22. The molecule has 0 aliphatic heterocycles. The molecule has 4 nitrogen and oxygen atoms in total. The Morgan fingerprint density at radius 1 is 1.25 bits per heavy atom. The lowest BCUT2D eigenvalue weighted by atomic mass is 10.3. The van der Waals surface area contributed by atoms with Gasteiger partial charge in [0, 0.05) is 12.5 Å². The molecule has 0 saturated heterocycles. The predicted molar refractivity (Wildman–Crippen MR) is 96.0 cm³/mol. The van der Waals surface area contributed by atoms with E-state index in [2.05, 4.69) is 20.9 Å². The Kier molecular flexibility index (Phi) is 5.20. The van der Waals surface area contributed by atoms with Gasteiger partial charge in [-0.1, -0.05) is 15.9 Å². The van der Waals surface area contributed by atoms with E-state index in [1.165, 1.54) is 36.6 Å². The summed E-state index contributed by atoms with van der Waals surface area (Å²) in [5, 5.41) is 10.3. The second-order valence-electron chi connectivity index (χ2n) is 5.10. The lowest BCUT2D eigenvalue weighted by Gasteiger charge is -2.12. The van der Waals surface area contributed by atoms with Crippen LogP contribution in [0.5, 0.6) is 17.2 Å². The Hall–Kier alpha value is -1.86. The van der Waals surface area contributed by atoms with Crippen LogP contribution in [0.2, 0.25) is 0 Å². The van der Waals surface area contributed by atoms with Crippen LogP contribution in [0.4, 0.5) is 4.39 Å². The summed E-state index contributed by atoms with van der Waals surface area (Å²) < 4.78 is 25.0. The van der Waals surface area contributed by atoms with Crippen LogP contribution in [0, 0.1) is 5.82 Å². The van der Waals surface area contributed by atoms with Crippen molar-refractivity contribution >= 4 is 37.5 Å². The number of rotatable bonds is 6. The third kappa shape index (κ3) is 3.79. The Bertz CT molecular complexity index is 855. The lowest BCUT2D eigenvalue weighted by molar-refractivity contribution is 0.288. The Morgan fingerprint density at radius 2 is 2.08 bits per heavy atom. The molecule has 0 amide bonds. The largest absolute Gasteiger partial charge is 0.508 e. The van der Waals surface area contributed by atoms with Crippen LogP contribution in [0.3, 0.4) is 0 Å². The van der Waals surface area contributed by atoms with Crippen LogP contribution in [0.1, 0.15) is 16.3 Å². The highest BCUT2D eigenvalue weighted by Crippen LogP contribution is 2.35. The van der Waals surface area contributed by atoms with E-state index in [0.29, 0.717) is 24.5 Å². The quantitative estimate of drug-likeness (QED) is 0.576. The second kappa shape index (κ2) is 7.36. The van der Waals surface area contributed by atoms with Gasteiger partial charge in [0.15, 0.2) is 11.5 Å². The van der Waals surface area contributed by atoms with Crippen LogP contribution in [-0.2, 0) is 0 Å². The molecule has 1 heterocycles. The van der Waals surface area contributed by atoms with E-state index in [1.54, 1.807) is 18.2 Å². The van der Waals surface area contributed by atoms with E-state index < -0.39 is 0 Å². The van der Waals surface area contributed by atoms with Gasteiger partial charge in [0.1, 0.15) is 16.6 Å². The first-order valence-corrected chi connectivity index (χ1v) is 9.00. The van der Waals surface area contributed by atoms with Gasteiger partial charge in [-0.15, -0.1) is 11.3 Å². The number of fused-ring (bicyclic) bond motifs is 1. The third-order valence-electron chi connectivity index (χ3n) is 3.41. The van der Waals surface area contributed by atoms with E-state index in [4.69, 9.17) is 9.47 Å². The molecule has 1 atom stereocenters. The van der Waals surface area contributed by atoms with Gasteiger partial charge in [-0.3, -0.25) is 0 Å². The molecule has 1 aromatic heterocycles. The minimum Gasteiger partial charge on any atom is -0.508 e. The van der Waals surface area contributed by atoms with Crippen molar-refractivity contribution in [2.24, 2.45) is 0 Å². The van der Waals surface area contributed by atoms with Crippen molar-refractivity contribution in [3.8, 4) is 17.2 Å². The number of phenolic OH excluding ortho intramolecular Hbond substituents is 1. The van der Waals surface area contributed by atoms with E-state index >= 15 is 0 Å². The number of thiazole rings is 1. The summed E-state index contributed by atoms with van der Waals surface area (Å²) >= 11 is 5.07. The highest BCUT2D eigenvalue weighted by Gasteiger charge is 2.14. The summed E-state index contributed by atoms with van der Waals surface area (Å²) in [6.45, 7) is 0.446. The number of methoxy groups -OCH3 is 1. The van der Waals surface area contributed by atoms with Crippen molar-refractivity contribution in [1.29, 1.82) is 0 Å². The highest BCUT2D eigenvalue weighted by atomic mass is 79.9. The van der Waals surface area contributed by atoms with E-state index in [9.17, 15) is 9.50 Å². The minimum atomic E-state index is -0.258. The summed E-state index contributed by atoms with van der Waals surface area (Å²) in [5.41, 5.74) is 0.793. The molecule has 3 aromatic rings. The van der Waals surface area contributed by atoms with Crippen molar-refractivity contribution in [3.63, 3.8) is 0 Å². The molecule has 24 heavy (non-hydrogen) atoms. The van der Waals surface area contributed by atoms with Crippen LogP contribution >= 0.6 is 27.3 Å². The Morgan fingerprint density at radius 3 is 2.88 bits per heavy atom. The van der Waals surface area contributed by atoms with Crippen molar-refractivity contribution in [3.05, 3.63) is 47.2 Å². The molecule has 1 N–H and O–H groups in total. The van der Waals surface area contributed by atoms with Crippen molar-refractivity contribution in [2.75, 3.05) is 13.7 Å². The highest BCUT2D eigenvalue weighted by molar-refractivity contribution is 9.09. The first-order chi connectivity index (χ1) is 11.6. The molecule has 0 spiro atoms. The molecule has 3 rings (SSSR count). The number of alkyl halides is 1. The van der Waals surface area contributed by atoms with Crippen LogP contribution < -0.4 is 9.47 Å². The first kappa shape index (κ1) is 17.0. The molecule has 1 unspecified atom stereocenters. The molecule has 126 valence electrons. The van der Waals surface area contributed by atoms with Gasteiger partial charge >= 0.3 is 0 Å². The number of hydrogen-bond donors (Lipinski definition) is 1. The fourth-order valence-corrected chi connectivity index (χ4v) is 3.80. The minimum absolute atomic E-state index is 0.0149. The third-order valence-corrected chi connectivity index (χ3v) is 5.74. The lowest BCUT2D eigenvalue weighted by Crippen LogP contribution is -2.02. The Labute approximate surface area is 151 Å². The molecular formula is C17H15BrFNO3S. The zero-order valence-corrected chi connectivity index (χ0v) is 15.2. The van der Waals surface area contributed by atoms with E-state index in [0.717, 1.165) is 15.2 Å². The molecule has 0 aliphatic rings. The van der Waals surface area contributed by atoms with Gasteiger partial charge < -0.3 is 14.6 Å². The molecular weight excluding hydrogens is 397 g/mol. The van der Waals surface area contributed by atoms with Gasteiger partial charge in [-0.2, -0.15) is 0 Å². The fraction of sp³-hybridized carbons (Fsp3) is 0.235. The molecule has 0 bridgehead atoms. The van der Waals surface area contributed by atoms with E-state index in [-0.39, 0.29) is 16.4 Å². The van der Waals surface area contributed by atoms with E-state index in [1.807, 2.05) is 0 Å². The number of nitrogens with zero attached hydrogens (tertiary/aromatic N) is 1. The standard InChI is InChI=1S/C17H15BrFNO3S/c1-22-15-9-11(21)3-5-14(15)23-7-6-12(18)17-20-13-4-2-10(19)8-16(13)24-17/h2-5,8-9,12,21H,6-7H2,1H3. The maximum Gasteiger partial charge on any atom is 0.164 e. The maximum absolute atomic E-state index is 13.3. The predicted octanol–water partition coefficient (Wildman–Crippen LogP) is 5.05. The average molecular weight is 412 g/mol. The van der Waals surface area contributed by atoms with Gasteiger partial charge in [0.05, 0.1) is 28.8 Å². The summed E-state index contributed by atoms with van der Waals surface area (Å²) in [7, 11) is 1.52. The van der Waals surface area contributed by atoms with Gasteiger partial charge in [-0.25, -0.2) is 9.37 Å².